The Labute approximate surface area is 76.8 Å². The first-order valence-corrected chi connectivity index (χ1v) is 6.08. The highest BCUT2D eigenvalue weighted by Crippen LogP contribution is 2.24. The molecule has 12 heavy (non-hydrogen) atoms. The van der Waals surface area contributed by atoms with Crippen LogP contribution >= 0.6 is 10.7 Å². The third kappa shape index (κ3) is 2.47. The molecule has 70 valence electrons. The Kier molecular flexibility index (Phi) is 3.15. The summed E-state index contributed by atoms with van der Waals surface area (Å²) in [6.07, 6.45) is 2.24. The second-order valence-electron chi connectivity index (χ2n) is 2.76. The number of ether oxygens (including phenoxy) is 1. The summed E-state index contributed by atoms with van der Waals surface area (Å²) in [5, 5.41) is 0. The van der Waals surface area contributed by atoms with E-state index in [0.717, 1.165) is 12.8 Å². The standard InChI is InChI=1S/C7H11ClO3S/c1-6(12(8,9)10)7-4-2-3-5-11-7/h7H,1-5H2. The second kappa shape index (κ2) is 3.77. The summed E-state index contributed by atoms with van der Waals surface area (Å²) in [5.74, 6) is 0. The number of hydrogen-bond donors (Lipinski definition) is 0. The predicted molar refractivity (Wildman–Crippen MR) is 47.5 cm³/mol. The van der Waals surface area contributed by atoms with Crippen molar-refractivity contribution in [3.8, 4) is 0 Å². The zero-order valence-corrected chi connectivity index (χ0v) is 8.20. The van der Waals surface area contributed by atoms with Gasteiger partial charge in [-0.25, -0.2) is 8.42 Å². The van der Waals surface area contributed by atoms with Crippen molar-refractivity contribution < 1.29 is 13.2 Å². The van der Waals surface area contributed by atoms with E-state index in [9.17, 15) is 8.42 Å². The minimum Gasteiger partial charge on any atom is -0.373 e. The molecular formula is C7H11ClO3S. The van der Waals surface area contributed by atoms with Crippen LogP contribution in [0.5, 0.6) is 0 Å². The fourth-order valence-corrected chi connectivity index (χ4v) is 1.95. The fourth-order valence-electron chi connectivity index (χ4n) is 1.15. The van der Waals surface area contributed by atoms with Crippen LogP contribution < -0.4 is 0 Å². The molecule has 3 nitrogen and oxygen atoms in total. The first kappa shape index (κ1) is 10.0. The summed E-state index contributed by atoms with van der Waals surface area (Å²) < 4.78 is 26.8. The molecule has 0 aromatic heterocycles. The summed E-state index contributed by atoms with van der Waals surface area (Å²) in [7, 11) is 1.46. The molecule has 0 aromatic carbocycles. The zero-order chi connectivity index (χ0) is 9.19. The van der Waals surface area contributed by atoms with E-state index in [1.54, 1.807) is 0 Å². The fraction of sp³-hybridized carbons (Fsp3) is 0.714. The van der Waals surface area contributed by atoms with Gasteiger partial charge in [0.15, 0.2) is 0 Å². The highest BCUT2D eigenvalue weighted by atomic mass is 35.7. The largest absolute Gasteiger partial charge is 0.373 e. The van der Waals surface area contributed by atoms with Crippen molar-refractivity contribution in [1.29, 1.82) is 0 Å². The Morgan fingerprint density at radius 1 is 1.50 bits per heavy atom. The maximum Gasteiger partial charge on any atom is 0.259 e. The van der Waals surface area contributed by atoms with Crippen LogP contribution in [-0.2, 0) is 13.8 Å². The average molecular weight is 211 g/mol. The molecule has 1 atom stereocenters. The van der Waals surface area contributed by atoms with E-state index in [4.69, 9.17) is 15.4 Å². The quantitative estimate of drug-likeness (QED) is 0.651. The molecule has 0 amide bonds. The SMILES string of the molecule is C=C(C1CCCCO1)S(=O)(=O)Cl. The third-order valence-electron chi connectivity index (χ3n) is 1.85. The van der Waals surface area contributed by atoms with Gasteiger partial charge in [-0.2, -0.15) is 0 Å². The van der Waals surface area contributed by atoms with E-state index in [2.05, 4.69) is 6.58 Å². The highest BCUT2D eigenvalue weighted by molar-refractivity contribution is 8.16. The van der Waals surface area contributed by atoms with E-state index in [1.165, 1.54) is 0 Å². The molecule has 0 saturated carbocycles. The van der Waals surface area contributed by atoms with Gasteiger partial charge >= 0.3 is 0 Å². The maximum atomic E-state index is 10.8. The van der Waals surface area contributed by atoms with Crippen LogP contribution in [0.15, 0.2) is 11.5 Å². The molecule has 1 aliphatic heterocycles. The van der Waals surface area contributed by atoms with Crippen LogP contribution in [0.3, 0.4) is 0 Å². The summed E-state index contributed by atoms with van der Waals surface area (Å²) >= 11 is 0. The van der Waals surface area contributed by atoms with Crippen LogP contribution in [0.4, 0.5) is 0 Å². The molecule has 0 spiro atoms. The molecular weight excluding hydrogens is 200 g/mol. The molecule has 1 heterocycles. The molecule has 1 saturated heterocycles. The van der Waals surface area contributed by atoms with E-state index in [-0.39, 0.29) is 4.91 Å². The van der Waals surface area contributed by atoms with Crippen LogP contribution in [0, 0.1) is 0 Å². The van der Waals surface area contributed by atoms with Crippen molar-refractivity contribution in [2.75, 3.05) is 6.61 Å². The lowest BCUT2D eigenvalue weighted by Gasteiger charge is -2.22. The third-order valence-corrected chi connectivity index (χ3v) is 3.34. The first-order chi connectivity index (χ1) is 5.52. The van der Waals surface area contributed by atoms with Gasteiger partial charge in [-0.3, -0.25) is 0 Å². The summed E-state index contributed by atoms with van der Waals surface area (Å²) in [5.41, 5.74) is 0. The molecule has 1 unspecified atom stereocenters. The Bertz CT molecular complexity index is 264. The van der Waals surface area contributed by atoms with Crippen LogP contribution in [-0.4, -0.2) is 21.1 Å². The maximum absolute atomic E-state index is 10.8. The normalized spacial score (nSPS) is 25.2. The van der Waals surface area contributed by atoms with Crippen LogP contribution in [0.2, 0.25) is 0 Å². The molecule has 1 rings (SSSR count). The van der Waals surface area contributed by atoms with E-state index in [1.807, 2.05) is 0 Å². The Balaban J connectivity index is 2.64. The first-order valence-electron chi connectivity index (χ1n) is 3.77. The number of hydrogen-bond acceptors (Lipinski definition) is 3. The molecule has 5 heteroatoms. The van der Waals surface area contributed by atoms with Gasteiger partial charge in [0.1, 0.15) is 0 Å². The van der Waals surface area contributed by atoms with E-state index < -0.39 is 15.2 Å². The Morgan fingerprint density at radius 2 is 2.17 bits per heavy atom. The van der Waals surface area contributed by atoms with Gasteiger partial charge in [0.2, 0.25) is 0 Å². The second-order valence-corrected chi connectivity index (χ2v) is 5.38. The highest BCUT2D eigenvalue weighted by Gasteiger charge is 2.24. The monoisotopic (exact) mass is 210 g/mol. The molecule has 1 aliphatic rings. The van der Waals surface area contributed by atoms with Crippen LogP contribution in [0.1, 0.15) is 19.3 Å². The molecule has 0 aromatic rings. The number of rotatable bonds is 2. The van der Waals surface area contributed by atoms with Gasteiger partial charge in [0.05, 0.1) is 11.0 Å². The smallest absolute Gasteiger partial charge is 0.259 e. The van der Waals surface area contributed by atoms with E-state index >= 15 is 0 Å². The zero-order valence-electron chi connectivity index (χ0n) is 6.62. The minimum atomic E-state index is -3.65. The lowest BCUT2D eigenvalue weighted by molar-refractivity contribution is 0.0440. The summed E-state index contributed by atoms with van der Waals surface area (Å²) in [6.45, 7) is 4.00. The van der Waals surface area contributed by atoms with Crippen molar-refractivity contribution in [3.63, 3.8) is 0 Å². The lowest BCUT2D eigenvalue weighted by Crippen LogP contribution is -2.23. The van der Waals surface area contributed by atoms with E-state index in [0.29, 0.717) is 13.0 Å². The average Bonchev–Trinajstić information content (AvgIpc) is 2.03. The molecule has 0 aliphatic carbocycles. The molecule has 0 bridgehead atoms. The Hall–Kier alpha value is -0.0600. The van der Waals surface area contributed by atoms with Gasteiger partial charge in [0.25, 0.3) is 9.05 Å². The van der Waals surface area contributed by atoms with Gasteiger partial charge in [-0.15, -0.1) is 0 Å². The topological polar surface area (TPSA) is 43.4 Å². The van der Waals surface area contributed by atoms with Crippen molar-refractivity contribution in [1.82, 2.24) is 0 Å². The van der Waals surface area contributed by atoms with Crippen LogP contribution in [0.25, 0.3) is 0 Å². The van der Waals surface area contributed by atoms with Gasteiger partial charge < -0.3 is 4.74 Å². The lowest BCUT2D eigenvalue weighted by atomic mass is 10.1. The van der Waals surface area contributed by atoms with Gasteiger partial charge in [0, 0.05) is 17.3 Å². The van der Waals surface area contributed by atoms with Crippen molar-refractivity contribution in [2.24, 2.45) is 0 Å². The summed E-state index contributed by atoms with van der Waals surface area (Å²) in [4.78, 5) is -0.0103. The minimum absolute atomic E-state index is 0.0103. The van der Waals surface area contributed by atoms with Crippen molar-refractivity contribution >= 4 is 19.7 Å². The Morgan fingerprint density at radius 3 is 2.58 bits per heavy atom. The predicted octanol–water partition coefficient (Wildman–Crippen LogP) is 1.64. The van der Waals surface area contributed by atoms with Crippen molar-refractivity contribution in [3.05, 3.63) is 11.5 Å². The molecule has 0 radical (unpaired) electrons. The van der Waals surface area contributed by atoms with Gasteiger partial charge in [-0.05, 0) is 19.3 Å². The number of halogens is 1. The molecule has 0 N–H and O–H groups in total. The van der Waals surface area contributed by atoms with Gasteiger partial charge in [-0.1, -0.05) is 6.58 Å². The summed E-state index contributed by atoms with van der Waals surface area (Å²) in [6, 6.07) is 0. The van der Waals surface area contributed by atoms with Crippen molar-refractivity contribution in [2.45, 2.75) is 25.4 Å². The molecule has 1 fully saturated rings.